The number of nitrogens with zero attached hydrogens (tertiary/aromatic N) is 2. The number of aromatic nitrogens is 2. The molecule has 0 fully saturated rings. The monoisotopic (exact) mass is 294 g/mol. The molecule has 0 aliphatic carbocycles. The summed E-state index contributed by atoms with van der Waals surface area (Å²) >= 11 is 5.70. The molecular formula is C12H11ClN4O3. The molecule has 1 amide bonds. The lowest BCUT2D eigenvalue weighted by Gasteiger charge is -2.12. The molecule has 0 aliphatic rings. The zero-order valence-electron chi connectivity index (χ0n) is 10.5. The summed E-state index contributed by atoms with van der Waals surface area (Å²) in [5, 5.41) is 19.9. The number of H-pyrrole nitrogens is 1. The van der Waals surface area contributed by atoms with Gasteiger partial charge in [-0.15, -0.1) is 0 Å². The third kappa shape index (κ3) is 2.94. The molecule has 2 rings (SSSR count). The number of rotatable bonds is 4. The van der Waals surface area contributed by atoms with E-state index < -0.39 is 10.8 Å². The van der Waals surface area contributed by atoms with Gasteiger partial charge in [-0.1, -0.05) is 11.6 Å². The van der Waals surface area contributed by atoms with E-state index in [9.17, 15) is 14.9 Å². The number of nitro groups is 1. The fraction of sp³-hybridized carbons (Fsp3) is 0.167. The number of nitro benzene ring substituents is 1. The zero-order valence-corrected chi connectivity index (χ0v) is 11.2. The number of carbonyl (C=O) groups excluding carboxylic acids is 1. The summed E-state index contributed by atoms with van der Waals surface area (Å²) in [7, 11) is 0. The maximum Gasteiger partial charge on any atom is 0.288 e. The Labute approximate surface area is 119 Å². The lowest BCUT2D eigenvalue weighted by atomic mass is 10.1. The number of carbonyl (C=O) groups is 1. The molecule has 104 valence electrons. The quantitative estimate of drug-likeness (QED) is 0.668. The average Bonchev–Trinajstić information content (AvgIpc) is 2.92. The molecule has 7 nitrogen and oxygen atoms in total. The highest BCUT2D eigenvalue weighted by Gasteiger charge is 2.18. The number of halogens is 1. The Morgan fingerprint density at radius 2 is 2.30 bits per heavy atom. The summed E-state index contributed by atoms with van der Waals surface area (Å²) in [6.45, 7) is 1.78. The highest BCUT2D eigenvalue weighted by atomic mass is 35.5. The van der Waals surface area contributed by atoms with E-state index in [1.165, 1.54) is 12.1 Å². The smallest absolute Gasteiger partial charge is 0.288 e. The van der Waals surface area contributed by atoms with Crippen molar-refractivity contribution >= 4 is 23.2 Å². The van der Waals surface area contributed by atoms with E-state index in [-0.39, 0.29) is 22.3 Å². The highest BCUT2D eigenvalue weighted by molar-refractivity contribution is 6.32. The van der Waals surface area contributed by atoms with Crippen LogP contribution in [0, 0.1) is 10.1 Å². The Morgan fingerprint density at radius 1 is 1.55 bits per heavy atom. The van der Waals surface area contributed by atoms with Gasteiger partial charge in [-0.05, 0) is 19.1 Å². The summed E-state index contributed by atoms with van der Waals surface area (Å²) in [5.74, 6) is -0.418. The van der Waals surface area contributed by atoms with Gasteiger partial charge < -0.3 is 5.32 Å². The van der Waals surface area contributed by atoms with Gasteiger partial charge in [0.1, 0.15) is 5.02 Å². The van der Waals surface area contributed by atoms with Gasteiger partial charge in [-0.25, -0.2) is 0 Å². The van der Waals surface area contributed by atoms with Crippen LogP contribution in [0.5, 0.6) is 0 Å². The molecule has 1 heterocycles. The first-order chi connectivity index (χ1) is 9.49. The van der Waals surface area contributed by atoms with Gasteiger partial charge in [-0.2, -0.15) is 5.10 Å². The third-order valence-electron chi connectivity index (χ3n) is 2.77. The van der Waals surface area contributed by atoms with Crippen LogP contribution < -0.4 is 5.32 Å². The predicted molar refractivity (Wildman–Crippen MR) is 72.6 cm³/mol. The van der Waals surface area contributed by atoms with Crippen LogP contribution in [-0.4, -0.2) is 21.0 Å². The lowest BCUT2D eigenvalue weighted by molar-refractivity contribution is -0.384. The summed E-state index contributed by atoms with van der Waals surface area (Å²) in [6.07, 6.45) is 3.25. The first-order valence-corrected chi connectivity index (χ1v) is 6.10. The van der Waals surface area contributed by atoms with Crippen LogP contribution in [0.15, 0.2) is 30.6 Å². The summed E-state index contributed by atoms with van der Waals surface area (Å²) in [4.78, 5) is 22.2. The fourth-order valence-electron chi connectivity index (χ4n) is 1.65. The van der Waals surface area contributed by atoms with Crippen molar-refractivity contribution < 1.29 is 9.72 Å². The molecule has 1 unspecified atom stereocenters. The number of hydrogen-bond acceptors (Lipinski definition) is 4. The normalized spacial score (nSPS) is 11.9. The molecular weight excluding hydrogens is 284 g/mol. The SMILES string of the molecule is CC(NC(=O)c1ccc(Cl)c([N+](=O)[O-])c1)c1cn[nH]c1. The molecule has 0 bridgehead atoms. The second-order valence-corrected chi connectivity index (χ2v) is 4.56. The third-order valence-corrected chi connectivity index (χ3v) is 3.09. The topological polar surface area (TPSA) is 101 Å². The molecule has 0 aliphatic heterocycles. The van der Waals surface area contributed by atoms with Crippen molar-refractivity contribution in [3.05, 3.63) is 56.9 Å². The van der Waals surface area contributed by atoms with Crippen molar-refractivity contribution in [1.29, 1.82) is 0 Å². The van der Waals surface area contributed by atoms with Crippen LogP contribution >= 0.6 is 11.6 Å². The van der Waals surface area contributed by atoms with E-state index >= 15 is 0 Å². The van der Waals surface area contributed by atoms with Gasteiger partial charge in [-0.3, -0.25) is 20.0 Å². The first kappa shape index (κ1) is 14.0. The van der Waals surface area contributed by atoms with Crippen molar-refractivity contribution in [2.75, 3.05) is 0 Å². The van der Waals surface area contributed by atoms with Crippen molar-refractivity contribution in [3.8, 4) is 0 Å². The minimum atomic E-state index is -0.626. The van der Waals surface area contributed by atoms with Gasteiger partial charge >= 0.3 is 0 Å². The number of hydrogen-bond donors (Lipinski definition) is 2. The Bertz CT molecular complexity index is 642. The van der Waals surface area contributed by atoms with Crippen molar-refractivity contribution in [2.45, 2.75) is 13.0 Å². The standard InChI is InChI=1S/C12H11ClN4O3/c1-7(9-5-14-15-6-9)16-12(18)8-2-3-10(13)11(4-8)17(19)20/h2-7H,1H3,(H,14,15)(H,16,18). The lowest BCUT2D eigenvalue weighted by Crippen LogP contribution is -2.26. The molecule has 0 radical (unpaired) electrons. The fourth-order valence-corrected chi connectivity index (χ4v) is 1.84. The van der Waals surface area contributed by atoms with Crippen LogP contribution in [0.2, 0.25) is 5.02 Å². The Kier molecular flexibility index (Phi) is 3.99. The number of benzene rings is 1. The Hall–Kier alpha value is -2.41. The van der Waals surface area contributed by atoms with Crippen molar-refractivity contribution in [3.63, 3.8) is 0 Å². The van der Waals surface area contributed by atoms with Crippen molar-refractivity contribution in [1.82, 2.24) is 15.5 Å². The molecule has 0 spiro atoms. The molecule has 1 aromatic heterocycles. The van der Waals surface area contributed by atoms with E-state index in [4.69, 9.17) is 11.6 Å². The van der Waals surface area contributed by atoms with E-state index in [1.807, 2.05) is 0 Å². The zero-order chi connectivity index (χ0) is 14.7. The van der Waals surface area contributed by atoms with Gasteiger partial charge in [0.25, 0.3) is 11.6 Å². The maximum atomic E-state index is 12.0. The second kappa shape index (κ2) is 5.70. The van der Waals surface area contributed by atoms with Crippen LogP contribution in [0.25, 0.3) is 0 Å². The minimum Gasteiger partial charge on any atom is -0.345 e. The van der Waals surface area contributed by atoms with Crippen LogP contribution in [0.4, 0.5) is 5.69 Å². The molecule has 0 saturated heterocycles. The second-order valence-electron chi connectivity index (χ2n) is 4.15. The molecule has 8 heteroatoms. The van der Waals surface area contributed by atoms with Crippen molar-refractivity contribution in [2.24, 2.45) is 0 Å². The highest BCUT2D eigenvalue weighted by Crippen LogP contribution is 2.25. The van der Waals surface area contributed by atoms with Crippen LogP contribution in [0.1, 0.15) is 28.9 Å². The predicted octanol–water partition coefficient (Wildman–Crippen LogP) is 2.46. The molecule has 20 heavy (non-hydrogen) atoms. The van der Waals surface area contributed by atoms with Gasteiger partial charge in [0.15, 0.2) is 0 Å². The van der Waals surface area contributed by atoms with E-state index in [0.29, 0.717) is 0 Å². The molecule has 1 aromatic carbocycles. The number of nitrogens with one attached hydrogen (secondary N) is 2. The first-order valence-electron chi connectivity index (χ1n) is 5.72. The number of aromatic amines is 1. The van der Waals surface area contributed by atoms with E-state index in [1.54, 1.807) is 19.3 Å². The molecule has 1 atom stereocenters. The number of amides is 1. The van der Waals surface area contributed by atoms with Gasteiger partial charge in [0, 0.05) is 23.4 Å². The minimum absolute atomic E-state index is 0.00515. The van der Waals surface area contributed by atoms with Gasteiger partial charge in [0.2, 0.25) is 0 Å². The molecule has 0 saturated carbocycles. The van der Waals surface area contributed by atoms with Crippen LogP contribution in [0.3, 0.4) is 0 Å². The molecule has 2 N–H and O–H groups in total. The summed E-state index contributed by atoms with van der Waals surface area (Å²) in [6, 6.07) is 3.65. The largest absolute Gasteiger partial charge is 0.345 e. The summed E-state index contributed by atoms with van der Waals surface area (Å²) in [5.41, 5.74) is 0.688. The van der Waals surface area contributed by atoms with E-state index in [0.717, 1.165) is 11.6 Å². The van der Waals surface area contributed by atoms with E-state index in [2.05, 4.69) is 15.5 Å². The average molecular weight is 295 g/mol. The Balaban J connectivity index is 2.17. The van der Waals surface area contributed by atoms with Crippen LogP contribution in [-0.2, 0) is 0 Å². The van der Waals surface area contributed by atoms with Gasteiger partial charge in [0.05, 0.1) is 17.2 Å². The Morgan fingerprint density at radius 3 is 2.90 bits per heavy atom. The maximum absolute atomic E-state index is 12.0. The molecule has 2 aromatic rings. The summed E-state index contributed by atoms with van der Waals surface area (Å²) < 4.78 is 0.